The van der Waals surface area contributed by atoms with E-state index in [-0.39, 0.29) is 23.9 Å². The molecule has 0 aliphatic rings. The molecule has 17 heavy (non-hydrogen) atoms. The second-order valence-corrected chi connectivity index (χ2v) is 5.87. The molecule has 1 rings (SSSR count). The van der Waals surface area contributed by atoms with Crippen molar-refractivity contribution in [3.8, 4) is 0 Å². The third kappa shape index (κ3) is 3.82. The molecule has 3 N–H and O–H groups in total. The van der Waals surface area contributed by atoms with Crippen LogP contribution in [0, 0.1) is 5.92 Å². The molecule has 3 nitrogen and oxygen atoms in total. The highest BCUT2D eigenvalue weighted by Crippen LogP contribution is 2.24. The molecule has 96 valence electrons. The zero-order chi connectivity index (χ0) is 13.0. The van der Waals surface area contributed by atoms with Crippen molar-refractivity contribution in [2.24, 2.45) is 11.7 Å². The lowest BCUT2D eigenvalue weighted by Gasteiger charge is -2.23. The van der Waals surface area contributed by atoms with Crippen LogP contribution in [0.15, 0.2) is 12.1 Å². The summed E-state index contributed by atoms with van der Waals surface area (Å²) in [6.07, 6.45) is 1.06. The Morgan fingerprint density at radius 2 is 2.06 bits per heavy atom. The molecular formula is C13H22N2OS. The Morgan fingerprint density at radius 3 is 2.47 bits per heavy atom. The predicted octanol–water partition coefficient (Wildman–Crippen LogP) is 2.47. The topological polar surface area (TPSA) is 55.1 Å². The van der Waals surface area contributed by atoms with Gasteiger partial charge in [-0.25, -0.2) is 0 Å². The third-order valence-electron chi connectivity index (χ3n) is 2.86. The van der Waals surface area contributed by atoms with Crippen molar-refractivity contribution in [3.63, 3.8) is 0 Å². The summed E-state index contributed by atoms with van der Waals surface area (Å²) in [5, 5.41) is 3.31. The Morgan fingerprint density at radius 1 is 1.41 bits per heavy atom. The van der Waals surface area contributed by atoms with Gasteiger partial charge in [0.2, 0.25) is 5.91 Å². The highest BCUT2D eigenvalue weighted by Gasteiger charge is 2.22. The molecule has 0 aromatic carbocycles. The Kier molecular flexibility index (Phi) is 5.15. The van der Waals surface area contributed by atoms with Gasteiger partial charge in [-0.2, -0.15) is 0 Å². The number of hydrogen-bond donors (Lipinski definition) is 2. The van der Waals surface area contributed by atoms with E-state index in [0.29, 0.717) is 0 Å². The fourth-order valence-corrected chi connectivity index (χ4v) is 2.74. The number of carbonyl (C=O) groups excluding carboxylic acids is 1. The molecule has 0 bridgehead atoms. The van der Waals surface area contributed by atoms with Gasteiger partial charge in [0.05, 0.1) is 6.04 Å². The standard InChI is InChI=1S/C13H22N2OS/c1-5-10-6-7-11(17-10)9(4)15-12(8(2)3)13(14)16/h6-9,12,15H,5H2,1-4H3,(H2,14,16). The number of thiophene rings is 1. The molecule has 1 aromatic rings. The van der Waals surface area contributed by atoms with Crippen molar-refractivity contribution in [1.29, 1.82) is 0 Å². The van der Waals surface area contributed by atoms with E-state index in [0.717, 1.165) is 6.42 Å². The molecule has 0 spiro atoms. The van der Waals surface area contributed by atoms with Crippen molar-refractivity contribution in [3.05, 3.63) is 21.9 Å². The SMILES string of the molecule is CCc1ccc(C(C)NC(C(N)=O)C(C)C)s1. The number of nitrogens with one attached hydrogen (secondary N) is 1. The minimum absolute atomic E-state index is 0.167. The largest absolute Gasteiger partial charge is 0.368 e. The van der Waals surface area contributed by atoms with Gasteiger partial charge in [-0.15, -0.1) is 11.3 Å². The number of carbonyl (C=O) groups is 1. The van der Waals surface area contributed by atoms with Gasteiger partial charge in [-0.05, 0) is 31.4 Å². The van der Waals surface area contributed by atoms with E-state index in [1.807, 2.05) is 13.8 Å². The van der Waals surface area contributed by atoms with Gasteiger partial charge < -0.3 is 5.73 Å². The first-order valence-corrected chi connectivity index (χ1v) is 6.91. The van der Waals surface area contributed by atoms with Gasteiger partial charge >= 0.3 is 0 Å². The molecule has 1 amide bonds. The molecule has 0 saturated heterocycles. The minimum Gasteiger partial charge on any atom is -0.368 e. The summed E-state index contributed by atoms with van der Waals surface area (Å²) in [4.78, 5) is 14.0. The Labute approximate surface area is 107 Å². The number of hydrogen-bond acceptors (Lipinski definition) is 3. The molecule has 0 aliphatic carbocycles. The van der Waals surface area contributed by atoms with E-state index in [2.05, 4.69) is 31.3 Å². The first-order chi connectivity index (χ1) is 7.95. The van der Waals surface area contributed by atoms with E-state index >= 15 is 0 Å². The zero-order valence-electron chi connectivity index (χ0n) is 11.0. The highest BCUT2D eigenvalue weighted by molar-refractivity contribution is 7.12. The van der Waals surface area contributed by atoms with Crippen LogP contribution < -0.4 is 11.1 Å². The first kappa shape index (κ1) is 14.2. The molecule has 0 aliphatic heterocycles. The quantitative estimate of drug-likeness (QED) is 0.819. The minimum atomic E-state index is -0.279. The lowest BCUT2D eigenvalue weighted by molar-refractivity contribution is -0.121. The zero-order valence-corrected chi connectivity index (χ0v) is 11.8. The summed E-state index contributed by atoms with van der Waals surface area (Å²) in [6, 6.07) is 4.17. The molecule has 1 aromatic heterocycles. The lowest BCUT2D eigenvalue weighted by atomic mass is 10.0. The number of aryl methyl sites for hydroxylation is 1. The summed E-state index contributed by atoms with van der Waals surface area (Å²) in [7, 11) is 0. The Balaban J connectivity index is 2.69. The normalized spacial score (nSPS) is 14.9. The van der Waals surface area contributed by atoms with Crippen molar-refractivity contribution in [2.45, 2.75) is 46.2 Å². The molecule has 1 heterocycles. The summed E-state index contributed by atoms with van der Waals surface area (Å²) in [5.74, 6) is -0.0697. The number of nitrogens with two attached hydrogens (primary N) is 1. The molecule has 4 heteroatoms. The van der Waals surface area contributed by atoms with Crippen LogP contribution in [-0.4, -0.2) is 11.9 Å². The molecule has 0 radical (unpaired) electrons. The molecular weight excluding hydrogens is 232 g/mol. The number of rotatable bonds is 6. The summed E-state index contributed by atoms with van der Waals surface area (Å²) in [6.45, 7) is 8.22. The van der Waals surface area contributed by atoms with E-state index in [9.17, 15) is 4.79 Å². The smallest absolute Gasteiger partial charge is 0.234 e. The third-order valence-corrected chi connectivity index (χ3v) is 4.27. The second-order valence-electron chi connectivity index (χ2n) is 4.67. The Hall–Kier alpha value is -0.870. The lowest BCUT2D eigenvalue weighted by Crippen LogP contribution is -2.45. The summed E-state index contributed by atoms with van der Waals surface area (Å²) >= 11 is 1.79. The van der Waals surface area contributed by atoms with Crippen molar-refractivity contribution in [1.82, 2.24) is 5.32 Å². The highest BCUT2D eigenvalue weighted by atomic mass is 32.1. The fourth-order valence-electron chi connectivity index (χ4n) is 1.77. The van der Waals surface area contributed by atoms with E-state index in [1.54, 1.807) is 11.3 Å². The average molecular weight is 254 g/mol. The summed E-state index contributed by atoms with van der Waals surface area (Å²) in [5.41, 5.74) is 5.40. The van der Waals surface area contributed by atoms with Crippen LogP contribution >= 0.6 is 11.3 Å². The number of primary amides is 1. The van der Waals surface area contributed by atoms with Crippen LogP contribution in [0.1, 0.15) is 43.5 Å². The van der Waals surface area contributed by atoms with Crippen LogP contribution in [0.25, 0.3) is 0 Å². The van der Waals surface area contributed by atoms with Gasteiger partial charge in [-0.1, -0.05) is 20.8 Å². The predicted molar refractivity (Wildman–Crippen MR) is 73.1 cm³/mol. The van der Waals surface area contributed by atoms with Gasteiger partial charge in [0, 0.05) is 15.8 Å². The van der Waals surface area contributed by atoms with Crippen LogP contribution in [0.5, 0.6) is 0 Å². The van der Waals surface area contributed by atoms with Crippen molar-refractivity contribution >= 4 is 17.2 Å². The van der Waals surface area contributed by atoms with Crippen LogP contribution in [-0.2, 0) is 11.2 Å². The monoisotopic (exact) mass is 254 g/mol. The van der Waals surface area contributed by atoms with Crippen molar-refractivity contribution < 1.29 is 4.79 Å². The second kappa shape index (κ2) is 6.17. The van der Waals surface area contributed by atoms with E-state index in [1.165, 1.54) is 9.75 Å². The van der Waals surface area contributed by atoms with Gasteiger partial charge in [0.1, 0.15) is 0 Å². The number of amides is 1. The molecule has 0 fully saturated rings. The van der Waals surface area contributed by atoms with Crippen LogP contribution in [0.3, 0.4) is 0 Å². The fraction of sp³-hybridized carbons (Fsp3) is 0.615. The van der Waals surface area contributed by atoms with Crippen molar-refractivity contribution in [2.75, 3.05) is 0 Å². The van der Waals surface area contributed by atoms with Gasteiger partial charge in [0.15, 0.2) is 0 Å². The van der Waals surface area contributed by atoms with Gasteiger partial charge in [0.25, 0.3) is 0 Å². The maximum atomic E-state index is 11.3. The van der Waals surface area contributed by atoms with Crippen LogP contribution in [0.2, 0.25) is 0 Å². The molecule has 2 unspecified atom stereocenters. The summed E-state index contributed by atoms with van der Waals surface area (Å²) < 4.78 is 0. The van der Waals surface area contributed by atoms with E-state index < -0.39 is 0 Å². The molecule has 2 atom stereocenters. The van der Waals surface area contributed by atoms with Gasteiger partial charge in [-0.3, -0.25) is 10.1 Å². The maximum absolute atomic E-state index is 11.3. The van der Waals surface area contributed by atoms with E-state index in [4.69, 9.17) is 5.73 Å². The Bertz CT molecular complexity index is 373. The van der Waals surface area contributed by atoms with Crippen LogP contribution in [0.4, 0.5) is 0 Å². The maximum Gasteiger partial charge on any atom is 0.234 e. The first-order valence-electron chi connectivity index (χ1n) is 6.09. The molecule has 0 saturated carbocycles. The average Bonchev–Trinajstić information content (AvgIpc) is 2.73.